The summed E-state index contributed by atoms with van der Waals surface area (Å²) in [4.78, 5) is 24.7. The lowest BCUT2D eigenvalue weighted by atomic mass is 10.1. The van der Waals surface area contributed by atoms with Gasteiger partial charge >= 0.3 is 5.00 Å². The Hall–Kier alpha value is -3.79. The summed E-state index contributed by atoms with van der Waals surface area (Å²) in [7, 11) is 0. The molecule has 1 aliphatic rings. The number of anilines is 1. The zero-order valence-corrected chi connectivity index (χ0v) is 17.1. The highest BCUT2D eigenvalue weighted by molar-refractivity contribution is 7.21. The van der Waals surface area contributed by atoms with Gasteiger partial charge in [0.1, 0.15) is 23.9 Å². The van der Waals surface area contributed by atoms with Gasteiger partial charge in [0.2, 0.25) is 0 Å². The quantitative estimate of drug-likeness (QED) is 0.356. The van der Waals surface area contributed by atoms with Gasteiger partial charge in [-0.05, 0) is 47.6 Å². The Morgan fingerprint density at radius 2 is 2.00 bits per heavy atom. The molecule has 3 aromatic heterocycles. The maximum absolute atomic E-state index is 11.3. The number of nitrogens with zero attached hydrogens (tertiary/aromatic N) is 4. The summed E-state index contributed by atoms with van der Waals surface area (Å²) in [5.74, 6) is 2.54. The van der Waals surface area contributed by atoms with Gasteiger partial charge in [-0.2, -0.15) is 0 Å². The monoisotopic (exact) mass is 435 g/mol. The van der Waals surface area contributed by atoms with Crippen molar-refractivity contribution >= 4 is 32.4 Å². The smallest absolute Gasteiger partial charge is 0.326 e. The SMILES string of the molecule is O=[N+]([O-])c1cc2c(NCCc3ccc4c(c3)OCCO4)nc(-c3cccnc3)nc2s1. The predicted octanol–water partition coefficient (Wildman–Crippen LogP) is 4.09. The molecule has 1 aromatic carbocycles. The second kappa shape index (κ2) is 8.15. The highest BCUT2D eigenvalue weighted by Crippen LogP contribution is 2.35. The van der Waals surface area contributed by atoms with Gasteiger partial charge in [-0.1, -0.05) is 6.07 Å². The molecular weight excluding hydrogens is 418 g/mol. The van der Waals surface area contributed by atoms with Crippen molar-refractivity contribution in [2.75, 3.05) is 25.1 Å². The maximum atomic E-state index is 11.3. The number of nitrogens with one attached hydrogen (secondary N) is 1. The van der Waals surface area contributed by atoms with Crippen molar-refractivity contribution in [3.05, 3.63) is 64.5 Å². The Bertz CT molecular complexity index is 1260. The van der Waals surface area contributed by atoms with Crippen LogP contribution in [0.2, 0.25) is 0 Å². The summed E-state index contributed by atoms with van der Waals surface area (Å²) in [6.45, 7) is 1.69. The number of rotatable bonds is 6. The van der Waals surface area contributed by atoms with Crippen LogP contribution in [0.3, 0.4) is 0 Å². The fraction of sp³-hybridized carbons (Fsp3) is 0.190. The summed E-state index contributed by atoms with van der Waals surface area (Å²) in [6, 6.07) is 11.1. The van der Waals surface area contributed by atoms with Crippen molar-refractivity contribution < 1.29 is 14.4 Å². The lowest BCUT2D eigenvalue weighted by Gasteiger charge is -2.19. The highest BCUT2D eigenvalue weighted by atomic mass is 32.1. The van der Waals surface area contributed by atoms with E-state index in [0.717, 1.165) is 40.4 Å². The first kappa shape index (κ1) is 19.2. The average Bonchev–Trinajstić information content (AvgIpc) is 3.24. The minimum Gasteiger partial charge on any atom is -0.486 e. The first-order chi connectivity index (χ1) is 15.2. The standard InChI is InChI=1S/C21H17N5O4S/c27-26(28)18-11-15-20(24-19(25-21(15)31-18)14-2-1-6-22-12-14)23-7-5-13-3-4-16-17(10-13)30-9-8-29-16/h1-4,6,10-12H,5,7-9H2,(H,23,24,25). The van der Waals surface area contributed by atoms with E-state index in [0.29, 0.717) is 41.6 Å². The number of thiophene rings is 1. The van der Waals surface area contributed by atoms with Crippen molar-refractivity contribution in [3.8, 4) is 22.9 Å². The Balaban J connectivity index is 1.42. The molecule has 0 saturated carbocycles. The molecule has 0 radical (unpaired) electrons. The van der Waals surface area contributed by atoms with Crippen molar-refractivity contribution in [3.63, 3.8) is 0 Å². The molecular formula is C21H17N5O4S. The van der Waals surface area contributed by atoms with Crippen LogP contribution in [0, 0.1) is 10.1 Å². The fourth-order valence-corrected chi connectivity index (χ4v) is 4.17. The second-order valence-corrected chi connectivity index (χ2v) is 7.86. The zero-order chi connectivity index (χ0) is 21.2. The molecule has 0 atom stereocenters. The number of aromatic nitrogens is 3. The van der Waals surface area contributed by atoms with Crippen LogP contribution in [0.1, 0.15) is 5.56 Å². The summed E-state index contributed by atoms with van der Waals surface area (Å²) < 4.78 is 11.2. The molecule has 0 bridgehead atoms. The van der Waals surface area contributed by atoms with E-state index in [1.807, 2.05) is 24.3 Å². The van der Waals surface area contributed by atoms with Gasteiger partial charge in [-0.25, -0.2) is 9.97 Å². The second-order valence-electron chi connectivity index (χ2n) is 6.85. The summed E-state index contributed by atoms with van der Waals surface area (Å²) >= 11 is 1.03. The van der Waals surface area contributed by atoms with Gasteiger partial charge in [-0.3, -0.25) is 15.1 Å². The molecule has 0 amide bonds. The van der Waals surface area contributed by atoms with Gasteiger partial charge < -0.3 is 14.8 Å². The van der Waals surface area contributed by atoms with E-state index in [-0.39, 0.29) is 5.00 Å². The molecule has 31 heavy (non-hydrogen) atoms. The fourth-order valence-electron chi connectivity index (χ4n) is 3.33. The topological polar surface area (TPSA) is 112 Å². The summed E-state index contributed by atoms with van der Waals surface area (Å²) in [5.41, 5.74) is 1.83. The molecule has 0 fully saturated rings. The molecule has 0 spiro atoms. The normalized spacial score (nSPS) is 12.6. The third-order valence-electron chi connectivity index (χ3n) is 4.79. The van der Waals surface area contributed by atoms with Crippen molar-refractivity contribution in [2.24, 2.45) is 0 Å². The molecule has 4 aromatic rings. The number of ether oxygens (including phenoxy) is 2. The third-order valence-corrected chi connectivity index (χ3v) is 5.77. The van der Waals surface area contributed by atoms with Crippen LogP contribution in [0.15, 0.2) is 48.8 Å². The van der Waals surface area contributed by atoms with Crippen LogP contribution in [0.4, 0.5) is 10.8 Å². The van der Waals surface area contributed by atoms with Crippen LogP contribution in [0.25, 0.3) is 21.6 Å². The van der Waals surface area contributed by atoms with Gasteiger partial charge in [-0.15, -0.1) is 0 Å². The number of pyridine rings is 1. The van der Waals surface area contributed by atoms with Crippen molar-refractivity contribution in [1.29, 1.82) is 0 Å². The Labute approximate surface area is 180 Å². The number of fused-ring (bicyclic) bond motifs is 2. The lowest BCUT2D eigenvalue weighted by molar-refractivity contribution is -0.380. The number of hydrogen-bond donors (Lipinski definition) is 1. The van der Waals surface area contributed by atoms with E-state index >= 15 is 0 Å². The summed E-state index contributed by atoms with van der Waals surface area (Å²) in [6.07, 6.45) is 4.06. The van der Waals surface area contributed by atoms with Crippen molar-refractivity contribution in [2.45, 2.75) is 6.42 Å². The number of hydrogen-bond acceptors (Lipinski definition) is 9. The van der Waals surface area contributed by atoms with E-state index in [2.05, 4.69) is 20.3 Å². The van der Waals surface area contributed by atoms with Gasteiger partial charge in [0, 0.05) is 30.6 Å². The summed E-state index contributed by atoms with van der Waals surface area (Å²) in [5, 5.41) is 15.2. The third kappa shape index (κ3) is 3.97. The molecule has 1 aliphatic heterocycles. The molecule has 10 heteroatoms. The minimum absolute atomic E-state index is 0.0301. The predicted molar refractivity (Wildman–Crippen MR) is 117 cm³/mol. The highest BCUT2D eigenvalue weighted by Gasteiger charge is 2.18. The van der Waals surface area contributed by atoms with Crippen LogP contribution in [-0.2, 0) is 6.42 Å². The largest absolute Gasteiger partial charge is 0.486 e. The van der Waals surface area contributed by atoms with E-state index < -0.39 is 4.92 Å². The van der Waals surface area contributed by atoms with E-state index in [9.17, 15) is 10.1 Å². The van der Waals surface area contributed by atoms with E-state index in [4.69, 9.17) is 9.47 Å². The molecule has 0 unspecified atom stereocenters. The Kier molecular flexibility index (Phi) is 5.04. The molecule has 1 N–H and O–H groups in total. The number of nitro groups is 1. The average molecular weight is 435 g/mol. The van der Waals surface area contributed by atoms with Crippen LogP contribution < -0.4 is 14.8 Å². The molecule has 0 aliphatic carbocycles. The van der Waals surface area contributed by atoms with Gasteiger partial charge in [0.05, 0.1) is 10.3 Å². The zero-order valence-electron chi connectivity index (χ0n) is 16.3. The van der Waals surface area contributed by atoms with Gasteiger partial charge in [0.15, 0.2) is 17.3 Å². The van der Waals surface area contributed by atoms with Crippen LogP contribution >= 0.6 is 11.3 Å². The Morgan fingerprint density at radius 3 is 2.81 bits per heavy atom. The minimum atomic E-state index is -0.408. The molecule has 4 heterocycles. The van der Waals surface area contributed by atoms with Gasteiger partial charge in [0.25, 0.3) is 0 Å². The van der Waals surface area contributed by atoms with Crippen molar-refractivity contribution in [1.82, 2.24) is 15.0 Å². The molecule has 5 rings (SSSR count). The molecule has 9 nitrogen and oxygen atoms in total. The number of benzene rings is 1. The first-order valence-electron chi connectivity index (χ1n) is 9.66. The molecule has 156 valence electrons. The maximum Gasteiger partial charge on any atom is 0.326 e. The lowest BCUT2D eigenvalue weighted by Crippen LogP contribution is -2.15. The van der Waals surface area contributed by atoms with Crippen LogP contribution in [-0.4, -0.2) is 39.6 Å². The molecule has 0 saturated heterocycles. The van der Waals surface area contributed by atoms with Crippen LogP contribution in [0.5, 0.6) is 11.5 Å². The first-order valence-corrected chi connectivity index (χ1v) is 10.5. The van der Waals surface area contributed by atoms with E-state index in [1.165, 1.54) is 6.07 Å². The Morgan fingerprint density at radius 1 is 1.13 bits per heavy atom. The van der Waals surface area contributed by atoms with E-state index in [1.54, 1.807) is 18.5 Å².